The minimum Gasteiger partial charge on any atom is -0.489 e. The highest BCUT2D eigenvalue weighted by molar-refractivity contribution is 7.92. The molecule has 0 amide bonds. The summed E-state index contributed by atoms with van der Waals surface area (Å²) in [6.07, 6.45) is 5.88. The van der Waals surface area contributed by atoms with Crippen LogP contribution in [0.3, 0.4) is 0 Å². The van der Waals surface area contributed by atoms with Crippen LogP contribution < -0.4 is 4.74 Å². The molecule has 0 spiro atoms. The third kappa shape index (κ3) is 5.93. The normalized spacial score (nSPS) is 21.8. The van der Waals surface area contributed by atoms with Gasteiger partial charge in [-0.25, -0.2) is 12.7 Å². The van der Waals surface area contributed by atoms with Gasteiger partial charge in [0.05, 0.1) is 11.1 Å². The molecular weight excluding hydrogens is 444 g/mol. The van der Waals surface area contributed by atoms with Crippen LogP contribution in [0.15, 0.2) is 53.9 Å². The van der Waals surface area contributed by atoms with E-state index >= 15 is 0 Å². The van der Waals surface area contributed by atoms with Crippen molar-refractivity contribution in [2.75, 3.05) is 26.7 Å². The lowest BCUT2D eigenvalue weighted by atomic mass is 9.82. The zero-order valence-corrected chi connectivity index (χ0v) is 20.1. The van der Waals surface area contributed by atoms with Crippen molar-refractivity contribution >= 4 is 27.7 Å². The standard InChI is InChI=1S/C25H31ClN2O3S/c1-27(32(29,30)15-12-20-8-3-2-4-9-20)18-21-16-23(17-21)31-24-11-7-10-22(25(24)26)19-28-13-5-6-14-28/h2-4,7-12,15,21,23H,5-6,13-14,16-19H2,1H3. The average Bonchev–Trinajstić information content (AvgIpc) is 3.27. The number of halogens is 1. The Morgan fingerprint density at radius 3 is 2.53 bits per heavy atom. The van der Waals surface area contributed by atoms with Crippen molar-refractivity contribution in [3.63, 3.8) is 0 Å². The Morgan fingerprint density at radius 2 is 1.81 bits per heavy atom. The number of sulfonamides is 1. The van der Waals surface area contributed by atoms with E-state index in [0.717, 1.165) is 49.4 Å². The Hall–Kier alpha value is -1.86. The summed E-state index contributed by atoms with van der Waals surface area (Å²) in [4.78, 5) is 2.42. The van der Waals surface area contributed by atoms with Crippen molar-refractivity contribution in [2.24, 2.45) is 5.92 Å². The molecule has 1 saturated heterocycles. The smallest absolute Gasteiger partial charge is 0.235 e. The molecule has 1 heterocycles. The van der Waals surface area contributed by atoms with Crippen LogP contribution in [0.4, 0.5) is 0 Å². The first kappa shape index (κ1) is 23.3. The molecule has 4 rings (SSSR count). The maximum absolute atomic E-state index is 12.6. The summed E-state index contributed by atoms with van der Waals surface area (Å²) < 4.78 is 32.7. The summed E-state index contributed by atoms with van der Waals surface area (Å²) in [5, 5.41) is 1.98. The van der Waals surface area contributed by atoms with Gasteiger partial charge < -0.3 is 4.74 Å². The number of ether oxygens (including phenoxy) is 1. The van der Waals surface area contributed by atoms with E-state index in [0.29, 0.717) is 11.6 Å². The molecule has 0 unspecified atom stereocenters. The van der Waals surface area contributed by atoms with Crippen molar-refractivity contribution in [2.45, 2.75) is 38.3 Å². The van der Waals surface area contributed by atoms with Crippen LogP contribution in [0.5, 0.6) is 5.75 Å². The molecule has 0 radical (unpaired) electrons. The molecule has 1 saturated carbocycles. The minimum absolute atomic E-state index is 0.0792. The summed E-state index contributed by atoms with van der Waals surface area (Å²) in [6.45, 7) is 3.61. The van der Waals surface area contributed by atoms with Crippen LogP contribution in [0.2, 0.25) is 5.02 Å². The van der Waals surface area contributed by atoms with Gasteiger partial charge in [-0.15, -0.1) is 0 Å². The van der Waals surface area contributed by atoms with E-state index in [-0.39, 0.29) is 12.0 Å². The molecule has 2 fully saturated rings. The van der Waals surface area contributed by atoms with Gasteiger partial charge in [-0.05, 0) is 68.0 Å². The van der Waals surface area contributed by atoms with Crippen LogP contribution >= 0.6 is 11.6 Å². The fraction of sp³-hybridized carbons (Fsp3) is 0.440. The topological polar surface area (TPSA) is 49.9 Å². The number of hydrogen-bond acceptors (Lipinski definition) is 4. The van der Waals surface area contributed by atoms with Crippen LogP contribution in [0, 0.1) is 5.92 Å². The van der Waals surface area contributed by atoms with Gasteiger partial charge in [-0.1, -0.05) is 54.1 Å². The van der Waals surface area contributed by atoms with E-state index in [4.69, 9.17) is 16.3 Å². The number of hydrogen-bond donors (Lipinski definition) is 0. The molecule has 0 bridgehead atoms. The zero-order chi connectivity index (χ0) is 22.6. The summed E-state index contributed by atoms with van der Waals surface area (Å²) in [6, 6.07) is 15.4. The molecule has 2 aromatic rings. The van der Waals surface area contributed by atoms with Crippen LogP contribution in [-0.4, -0.2) is 50.4 Å². The molecule has 2 aromatic carbocycles. The van der Waals surface area contributed by atoms with Crippen molar-refractivity contribution in [1.82, 2.24) is 9.21 Å². The van der Waals surface area contributed by atoms with Crippen molar-refractivity contribution < 1.29 is 13.2 Å². The van der Waals surface area contributed by atoms with Crippen LogP contribution in [0.25, 0.3) is 6.08 Å². The molecule has 0 atom stereocenters. The molecule has 1 aliphatic carbocycles. The highest BCUT2D eigenvalue weighted by atomic mass is 35.5. The summed E-state index contributed by atoms with van der Waals surface area (Å²) >= 11 is 6.63. The predicted molar refractivity (Wildman–Crippen MR) is 130 cm³/mol. The Balaban J connectivity index is 1.27. The second-order valence-electron chi connectivity index (χ2n) is 8.83. The zero-order valence-electron chi connectivity index (χ0n) is 18.5. The van der Waals surface area contributed by atoms with Crippen molar-refractivity contribution in [1.29, 1.82) is 0 Å². The lowest BCUT2D eigenvalue weighted by Gasteiger charge is -2.37. The molecule has 5 nitrogen and oxygen atoms in total. The van der Waals surface area contributed by atoms with Gasteiger partial charge in [-0.2, -0.15) is 0 Å². The van der Waals surface area contributed by atoms with E-state index in [1.807, 2.05) is 42.5 Å². The predicted octanol–water partition coefficient (Wildman–Crippen LogP) is 5.03. The minimum atomic E-state index is -3.44. The lowest BCUT2D eigenvalue weighted by Crippen LogP contribution is -2.41. The van der Waals surface area contributed by atoms with Crippen LogP contribution in [0.1, 0.15) is 36.8 Å². The number of nitrogens with zero attached hydrogens (tertiary/aromatic N) is 2. The Kier molecular flexibility index (Phi) is 7.56. The summed E-state index contributed by atoms with van der Waals surface area (Å²) in [5.41, 5.74) is 1.98. The highest BCUT2D eigenvalue weighted by Crippen LogP contribution is 2.36. The largest absolute Gasteiger partial charge is 0.489 e. The first-order valence-corrected chi connectivity index (χ1v) is 13.1. The highest BCUT2D eigenvalue weighted by Gasteiger charge is 2.34. The Labute approximate surface area is 196 Å². The number of likely N-dealkylation sites (tertiary alicyclic amines) is 1. The Bertz CT molecular complexity index is 1030. The molecule has 2 aliphatic rings. The maximum Gasteiger partial charge on any atom is 0.235 e. The third-order valence-corrected chi connectivity index (χ3v) is 8.23. The maximum atomic E-state index is 12.6. The first-order chi connectivity index (χ1) is 15.4. The van der Waals surface area contributed by atoms with Gasteiger partial charge in [0.2, 0.25) is 10.0 Å². The summed E-state index contributed by atoms with van der Waals surface area (Å²) in [5.74, 6) is 1.02. The first-order valence-electron chi connectivity index (χ1n) is 11.3. The monoisotopic (exact) mass is 474 g/mol. The van der Waals surface area contributed by atoms with Gasteiger partial charge >= 0.3 is 0 Å². The fourth-order valence-corrected chi connectivity index (χ4v) is 5.54. The lowest BCUT2D eigenvalue weighted by molar-refractivity contribution is 0.0576. The van der Waals surface area contributed by atoms with Crippen molar-refractivity contribution in [3.8, 4) is 5.75 Å². The van der Waals surface area contributed by atoms with E-state index in [1.54, 1.807) is 13.1 Å². The molecular formula is C25H31ClN2O3S. The second-order valence-corrected chi connectivity index (χ2v) is 11.1. The second kappa shape index (κ2) is 10.4. The molecule has 172 valence electrons. The quantitative estimate of drug-likeness (QED) is 0.511. The van der Waals surface area contributed by atoms with Gasteiger partial charge in [-0.3, -0.25) is 4.90 Å². The van der Waals surface area contributed by atoms with Gasteiger partial charge in [0.1, 0.15) is 5.75 Å². The molecule has 0 N–H and O–H groups in total. The SMILES string of the molecule is CN(CC1CC(Oc2cccc(CN3CCCC3)c2Cl)C1)S(=O)(=O)C=Cc1ccccc1. The third-order valence-electron chi connectivity index (χ3n) is 6.30. The van der Waals surface area contributed by atoms with E-state index in [2.05, 4.69) is 11.0 Å². The van der Waals surface area contributed by atoms with Gasteiger partial charge in [0, 0.05) is 25.5 Å². The van der Waals surface area contributed by atoms with E-state index in [1.165, 1.54) is 22.6 Å². The summed E-state index contributed by atoms with van der Waals surface area (Å²) in [7, 11) is -1.81. The number of rotatable bonds is 9. The van der Waals surface area contributed by atoms with E-state index < -0.39 is 10.0 Å². The van der Waals surface area contributed by atoms with Gasteiger partial charge in [0.15, 0.2) is 0 Å². The Morgan fingerprint density at radius 1 is 1.09 bits per heavy atom. The van der Waals surface area contributed by atoms with Gasteiger partial charge in [0.25, 0.3) is 0 Å². The molecule has 1 aliphatic heterocycles. The van der Waals surface area contributed by atoms with Crippen LogP contribution in [-0.2, 0) is 16.6 Å². The van der Waals surface area contributed by atoms with E-state index in [9.17, 15) is 8.42 Å². The number of benzene rings is 2. The average molecular weight is 475 g/mol. The molecule has 32 heavy (non-hydrogen) atoms. The molecule has 0 aromatic heterocycles. The fourth-order valence-electron chi connectivity index (χ4n) is 4.35. The molecule has 7 heteroatoms. The van der Waals surface area contributed by atoms with Crippen molar-refractivity contribution in [3.05, 3.63) is 70.1 Å².